The molecule has 0 bridgehead atoms. The molecule has 3 heterocycles. The van der Waals surface area contributed by atoms with Gasteiger partial charge in [-0.3, -0.25) is 14.5 Å². The van der Waals surface area contributed by atoms with Gasteiger partial charge >= 0.3 is 6.03 Å². The number of nitrogens with zero attached hydrogens (tertiary/aromatic N) is 4. The van der Waals surface area contributed by atoms with Crippen LogP contribution in [-0.2, 0) is 21.7 Å². The Bertz CT molecular complexity index is 1180. The molecule has 4 rings (SSSR count). The molecule has 34 heavy (non-hydrogen) atoms. The van der Waals surface area contributed by atoms with Crippen LogP contribution >= 0.6 is 11.3 Å². The largest absolute Gasteiger partial charge is 0.418 e. The molecule has 1 fully saturated rings. The molecule has 0 spiro atoms. The molecule has 1 N–H and O–H groups in total. The van der Waals surface area contributed by atoms with Crippen molar-refractivity contribution in [1.82, 2.24) is 25.3 Å². The predicted octanol–water partition coefficient (Wildman–Crippen LogP) is 3.53. The van der Waals surface area contributed by atoms with Gasteiger partial charge in [0, 0.05) is 6.54 Å². The van der Waals surface area contributed by atoms with Crippen LogP contribution in [0.25, 0.3) is 10.8 Å². The van der Waals surface area contributed by atoms with Crippen molar-refractivity contribution in [1.29, 1.82) is 0 Å². The highest BCUT2D eigenvalue weighted by molar-refractivity contribution is 7.13. The molecule has 178 valence electrons. The third-order valence-electron chi connectivity index (χ3n) is 5.71. The fraction of sp³-hybridized carbons (Fsp3) is 0.348. The maximum Gasteiger partial charge on any atom is 0.325 e. The summed E-state index contributed by atoms with van der Waals surface area (Å²) < 4.78 is 19.1. The number of urea groups is 1. The van der Waals surface area contributed by atoms with E-state index in [1.807, 2.05) is 24.4 Å². The van der Waals surface area contributed by atoms with E-state index in [4.69, 9.17) is 4.42 Å². The molecule has 3 aromatic rings. The SMILES string of the molecule is CCCN(Cc1nnc(-c2cccs2)o1)C(=O)CN1C(=O)N[C@@](CC)(c2ccc(F)cc2)C1=O. The maximum absolute atomic E-state index is 13.4. The second-order valence-electron chi connectivity index (χ2n) is 7.88. The Morgan fingerprint density at radius 3 is 2.62 bits per heavy atom. The van der Waals surface area contributed by atoms with Gasteiger partial charge in [0.25, 0.3) is 11.8 Å². The van der Waals surface area contributed by atoms with Gasteiger partial charge in [-0.25, -0.2) is 9.18 Å². The van der Waals surface area contributed by atoms with Gasteiger partial charge in [-0.1, -0.05) is 32.0 Å². The van der Waals surface area contributed by atoms with Crippen molar-refractivity contribution in [3.05, 3.63) is 59.0 Å². The lowest BCUT2D eigenvalue weighted by atomic mass is 9.87. The number of rotatable bonds is 9. The Morgan fingerprint density at radius 2 is 1.97 bits per heavy atom. The Morgan fingerprint density at radius 1 is 1.21 bits per heavy atom. The number of aromatic nitrogens is 2. The lowest BCUT2D eigenvalue weighted by molar-refractivity contribution is -0.139. The van der Waals surface area contributed by atoms with Gasteiger partial charge in [-0.2, -0.15) is 0 Å². The van der Waals surface area contributed by atoms with Crippen molar-refractivity contribution in [2.45, 2.75) is 38.8 Å². The molecule has 0 unspecified atom stereocenters. The standard InChI is InChI=1S/C23H24FN5O4S/c1-3-11-28(13-18-26-27-20(33-18)17-6-5-12-34-17)19(30)14-29-21(31)23(4-2,25-22(29)32)15-7-9-16(24)10-8-15/h5-10,12H,3-4,11,13-14H2,1-2H3,(H,25,32)/t23-/m0/s1. The topological polar surface area (TPSA) is 109 Å². The van der Waals surface area contributed by atoms with Crippen LogP contribution in [0.3, 0.4) is 0 Å². The van der Waals surface area contributed by atoms with E-state index < -0.39 is 35.7 Å². The number of amides is 4. The van der Waals surface area contributed by atoms with E-state index >= 15 is 0 Å². The molecule has 11 heteroatoms. The van der Waals surface area contributed by atoms with E-state index in [1.54, 1.807) is 6.92 Å². The molecule has 1 saturated heterocycles. The number of nitrogens with one attached hydrogen (secondary N) is 1. The third-order valence-corrected chi connectivity index (χ3v) is 6.57. The van der Waals surface area contributed by atoms with Crippen molar-refractivity contribution in [3.63, 3.8) is 0 Å². The normalized spacial score (nSPS) is 17.8. The molecule has 9 nitrogen and oxygen atoms in total. The first-order valence-electron chi connectivity index (χ1n) is 10.9. The summed E-state index contributed by atoms with van der Waals surface area (Å²) in [6.07, 6.45) is 0.909. The van der Waals surface area contributed by atoms with E-state index in [-0.39, 0.29) is 18.9 Å². The summed E-state index contributed by atoms with van der Waals surface area (Å²) in [7, 11) is 0. The summed E-state index contributed by atoms with van der Waals surface area (Å²) in [5.41, 5.74) is -0.884. The summed E-state index contributed by atoms with van der Waals surface area (Å²) >= 11 is 1.46. The number of carbonyl (C=O) groups is 3. The second-order valence-corrected chi connectivity index (χ2v) is 8.83. The van der Waals surface area contributed by atoms with Gasteiger partial charge in [0.2, 0.25) is 11.8 Å². The molecule has 1 aliphatic heterocycles. The van der Waals surface area contributed by atoms with Crippen LogP contribution < -0.4 is 5.32 Å². The van der Waals surface area contributed by atoms with Crippen molar-refractivity contribution in [2.24, 2.45) is 0 Å². The van der Waals surface area contributed by atoms with Gasteiger partial charge < -0.3 is 14.6 Å². The van der Waals surface area contributed by atoms with Gasteiger partial charge in [0.15, 0.2) is 0 Å². The molecular formula is C23H24FN5O4S. The molecular weight excluding hydrogens is 461 g/mol. The fourth-order valence-electron chi connectivity index (χ4n) is 3.92. The van der Waals surface area contributed by atoms with E-state index in [2.05, 4.69) is 15.5 Å². The van der Waals surface area contributed by atoms with Crippen LogP contribution in [0.15, 0.2) is 46.2 Å². The van der Waals surface area contributed by atoms with Crippen LogP contribution in [-0.4, -0.2) is 50.9 Å². The average molecular weight is 486 g/mol. The van der Waals surface area contributed by atoms with E-state index in [1.165, 1.54) is 40.5 Å². The molecule has 1 atom stereocenters. The summed E-state index contributed by atoms with van der Waals surface area (Å²) in [6.45, 7) is 3.67. The zero-order chi connectivity index (χ0) is 24.3. The monoisotopic (exact) mass is 485 g/mol. The predicted molar refractivity (Wildman–Crippen MR) is 122 cm³/mol. The van der Waals surface area contributed by atoms with E-state index in [0.29, 0.717) is 24.4 Å². The molecule has 0 radical (unpaired) electrons. The van der Waals surface area contributed by atoms with Crippen molar-refractivity contribution in [2.75, 3.05) is 13.1 Å². The van der Waals surface area contributed by atoms with Gasteiger partial charge in [0.1, 0.15) is 17.9 Å². The molecule has 0 saturated carbocycles. The lowest BCUT2D eigenvalue weighted by Crippen LogP contribution is -2.45. The summed E-state index contributed by atoms with van der Waals surface area (Å²) in [6, 6.07) is 8.46. The molecule has 1 aromatic carbocycles. The van der Waals surface area contributed by atoms with Crippen molar-refractivity contribution >= 4 is 29.2 Å². The van der Waals surface area contributed by atoms with Gasteiger partial charge in [-0.15, -0.1) is 21.5 Å². The number of hydrogen-bond acceptors (Lipinski definition) is 7. The van der Waals surface area contributed by atoms with Crippen LogP contribution in [0.4, 0.5) is 9.18 Å². The van der Waals surface area contributed by atoms with Crippen LogP contribution in [0, 0.1) is 5.82 Å². The number of hydrogen-bond donors (Lipinski definition) is 1. The van der Waals surface area contributed by atoms with Crippen molar-refractivity contribution in [3.8, 4) is 10.8 Å². The maximum atomic E-state index is 13.4. The van der Waals surface area contributed by atoms with Crippen LogP contribution in [0.2, 0.25) is 0 Å². The number of thiophene rings is 1. The summed E-state index contributed by atoms with van der Waals surface area (Å²) in [5.74, 6) is -0.787. The second kappa shape index (κ2) is 9.72. The molecule has 4 amide bonds. The van der Waals surface area contributed by atoms with Gasteiger partial charge in [-0.05, 0) is 42.0 Å². The van der Waals surface area contributed by atoms with Crippen LogP contribution in [0.1, 0.15) is 38.1 Å². The zero-order valence-electron chi connectivity index (χ0n) is 18.8. The molecule has 1 aliphatic rings. The Hall–Kier alpha value is -3.60. The van der Waals surface area contributed by atoms with Gasteiger partial charge in [0.05, 0.1) is 11.4 Å². The van der Waals surface area contributed by atoms with Crippen LogP contribution in [0.5, 0.6) is 0 Å². The number of imide groups is 1. The smallest absolute Gasteiger partial charge is 0.325 e. The first-order chi connectivity index (χ1) is 16.4. The minimum atomic E-state index is -1.34. The number of halogens is 1. The summed E-state index contributed by atoms with van der Waals surface area (Å²) in [5, 5.41) is 12.7. The zero-order valence-corrected chi connectivity index (χ0v) is 19.6. The number of benzene rings is 1. The van der Waals surface area contributed by atoms with E-state index in [9.17, 15) is 18.8 Å². The number of carbonyl (C=O) groups excluding carboxylic acids is 3. The average Bonchev–Trinajstić information content (AvgIpc) is 3.56. The molecule has 2 aromatic heterocycles. The summed E-state index contributed by atoms with van der Waals surface area (Å²) in [4.78, 5) is 42.3. The molecule has 0 aliphatic carbocycles. The highest BCUT2D eigenvalue weighted by Crippen LogP contribution is 2.32. The Balaban J connectivity index is 1.50. The highest BCUT2D eigenvalue weighted by atomic mass is 32.1. The minimum absolute atomic E-state index is 0.0611. The van der Waals surface area contributed by atoms with E-state index in [0.717, 1.165) is 9.78 Å². The minimum Gasteiger partial charge on any atom is -0.418 e. The Labute approximate surface area is 199 Å². The van der Waals surface area contributed by atoms with Crippen molar-refractivity contribution < 1.29 is 23.2 Å². The highest BCUT2D eigenvalue weighted by Gasteiger charge is 2.51. The first kappa shape index (κ1) is 23.6. The fourth-order valence-corrected chi connectivity index (χ4v) is 4.57. The lowest BCUT2D eigenvalue weighted by Gasteiger charge is -2.26. The first-order valence-corrected chi connectivity index (χ1v) is 11.8. The third kappa shape index (κ3) is 4.43. The quantitative estimate of drug-likeness (QED) is 0.465. The Kier molecular flexibility index (Phi) is 6.73.